The maximum Gasteiger partial charge on any atom is 0.253 e. The quantitative estimate of drug-likeness (QED) is 0.909. The summed E-state index contributed by atoms with van der Waals surface area (Å²) in [5, 5.41) is 0. The van der Waals surface area contributed by atoms with Crippen LogP contribution < -0.4 is 5.73 Å². The molecule has 0 aromatic heterocycles. The number of likely N-dealkylation sites (tertiary alicyclic amines) is 1. The Kier molecular flexibility index (Phi) is 3.84. The smallest absolute Gasteiger partial charge is 0.253 e. The molecule has 0 aliphatic carbocycles. The Morgan fingerprint density at radius 2 is 2.35 bits per heavy atom. The van der Waals surface area contributed by atoms with Gasteiger partial charge in [-0.3, -0.25) is 4.79 Å². The van der Waals surface area contributed by atoms with Crippen LogP contribution in [0.2, 0.25) is 0 Å². The second kappa shape index (κ2) is 5.19. The molecule has 1 unspecified atom stereocenters. The van der Waals surface area contributed by atoms with E-state index in [2.05, 4.69) is 15.9 Å². The molecule has 0 saturated carbocycles. The zero-order valence-corrected chi connectivity index (χ0v) is 11.5. The molecule has 92 valence electrons. The number of carbonyl (C=O) groups is 1. The van der Waals surface area contributed by atoms with E-state index in [9.17, 15) is 4.79 Å². The first-order chi connectivity index (χ1) is 8.11. The van der Waals surface area contributed by atoms with Crippen LogP contribution in [-0.2, 0) is 0 Å². The molecule has 1 saturated heterocycles. The Labute approximate surface area is 110 Å². The van der Waals surface area contributed by atoms with Crippen LogP contribution in [0.3, 0.4) is 0 Å². The SMILES string of the molecule is Cc1cc(C(=O)N2CCC(CN)C2)ccc1Br. The van der Waals surface area contributed by atoms with E-state index in [0.29, 0.717) is 12.5 Å². The van der Waals surface area contributed by atoms with Gasteiger partial charge in [0.2, 0.25) is 0 Å². The fraction of sp³-hybridized carbons (Fsp3) is 0.462. The number of nitrogens with two attached hydrogens (primary N) is 1. The molecular formula is C13H17BrN2O. The van der Waals surface area contributed by atoms with Gasteiger partial charge in [0.25, 0.3) is 5.91 Å². The molecule has 4 heteroatoms. The van der Waals surface area contributed by atoms with Crippen LogP contribution in [-0.4, -0.2) is 30.4 Å². The zero-order chi connectivity index (χ0) is 12.4. The molecule has 3 nitrogen and oxygen atoms in total. The molecule has 1 aromatic carbocycles. The van der Waals surface area contributed by atoms with Crippen molar-refractivity contribution in [2.24, 2.45) is 11.7 Å². The molecule has 1 aliphatic rings. The van der Waals surface area contributed by atoms with Gasteiger partial charge in [0.1, 0.15) is 0 Å². The van der Waals surface area contributed by atoms with E-state index in [0.717, 1.165) is 35.1 Å². The summed E-state index contributed by atoms with van der Waals surface area (Å²) in [4.78, 5) is 14.1. The average Bonchev–Trinajstić information content (AvgIpc) is 2.80. The van der Waals surface area contributed by atoms with Crippen LogP contribution in [0.5, 0.6) is 0 Å². The highest BCUT2D eigenvalue weighted by Crippen LogP contribution is 2.21. The Hall–Kier alpha value is -0.870. The minimum Gasteiger partial charge on any atom is -0.338 e. The van der Waals surface area contributed by atoms with Crippen molar-refractivity contribution in [3.63, 3.8) is 0 Å². The molecule has 1 fully saturated rings. The summed E-state index contributed by atoms with van der Waals surface area (Å²) in [5.74, 6) is 0.590. The van der Waals surface area contributed by atoms with Gasteiger partial charge in [-0.2, -0.15) is 0 Å². The minimum atomic E-state index is 0.122. The summed E-state index contributed by atoms with van der Waals surface area (Å²) in [6, 6.07) is 5.73. The predicted octanol–water partition coefficient (Wildman–Crippen LogP) is 2.18. The highest BCUT2D eigenvalue weighted by atomic mass is 79.9. The van der Waals surface area contributed by atoms with Gasteiger partial charge >= 0.3 is 0 Å². The van der Waals surface area contributed by atoms with Gasteiger partial charge in [-0.25, -0.2) is 0 Å². The van der Waals surface area contributed by atoms with Crippen molar-refractivity contribution in [1.29, 1.82) is 0 Å². The molecule has 1 atom stereocenters. The first-order valence-electron chi connectivity index (χ1n) is 5.87. The largest absolute Gasteiger partial charge is 0.338 e. The third-order valence-electron chi connectivity index (χ3n) is 3.31. The third kappa shape index (κ3) is 2.69. The lowest BCUT2D eigenvalue weighted by atomic mass is 10.1. The molecule has 17 heavy (non-hydrogen) atoms. The van der Waals surface area contributed by atoms with Crippen LogP contribution in [0.4, 0.5) is 0 Å². The van der Waals surface area contributed by atoms with E-state index in [4.69, 9.17) is 5.73 Å². The van der Waals surface area contributed by atoms with Gasteiger partial charge in [-0.15, -0.1) is 0 Å². The molecule has 1 amide bonds. The fourth-order valence-electron chi connectivity index (χ4n) is 2.17. The average molecular weight is 297 g/mol. The summed E-state index contributed by atoms with van der Waals surface area (Å²) in [7, 11) is 0. The summed E-state index contributed by atoms with van der Waals surface area (Å²) in [5.41, 5.74) is 7.49. The van der Waals surface area contributed by atoms with Crippen molar-refractivity contribution in [2.75, 3.05) is 19.6 Å². The Balaban J connectivity index is 2.12. The minimum absolute atomic E-state index is 0.122. The third-order valence-corrected chi connectivity index (χ3v) is 4.20. The second-order valence-corrected chi connectivity index (χ2v) is 5.46. The summed E-state index contributed by atoms with van der Waals surface area (Å²) >= 11 is 3.44. The van der Waals surface area contributed by atoms with Crippen molar-refractivity contribution in [2.45, 2.75) is 13.3 Å². The number of aryl methyl sites for hydroxylation is 1. The van der Waals surface area contributed by atoms with E-state index in [1.807, 2.05) is 30.0 Å². The van der Waals surface area contributed by atoms with E-state index in [1.165, 1.54) is 0 Å². The van der Waals surface area contributed by atoms with Crippen molar-refractivity contribution in [1.82, 2.24) is 4.90 Å². The topological polar surface area (TPSA) is 46.3 Å². The number of rotatable bonds is 2. The van der Waals surface area contributed by atoms with Gasteiger partial charge in [-0.05, 0) is 49.6 Å². The number of hydrogen-bond acceptors (Lipinski definition) is 2. The van der Waals surface area contributed by atoms with Gasteiger partial charge in [0, 0.05) is 23.1 Å². The van der Waals surface area contributed by atoms with Crippen LogP contribution in [0.15, 0.2) is 22.7 Å². The molecule has 2 N–H and O–H groups in total. The maximum absolute atomic E-state index is 12.2. The number of hydrogen-bond donors (Lipinski definition) is 1. The lowest BCUT2D eigenvalue weighted by Crippen LogP contribution is -2.29. The summed E-state index contributed by atoms with van der Waals surface area (Å²) in [6.07, 6.45) is 1.03. The fourth-order valence-corrected chi connectivity index (χ4v) is 2.42. The number of amides is 1. The van der Waals surface area contributed by atoms with Gasteiger partial charge < -0.3 is 10.6 Å². The maximum atomic E-state index is 12.2. The number of halogens is 1. The Bertz CT molecular complexity index is 433. The van der Waals surface area contributed by atoms with Gasteiger partial charge in [-0.1, -0.05) is 15.9 Å². The van der Waals surface area contributed by atoms with E-state index < -0.39 is 0 Å². The number of benzene rings is 1. The first kappa shape index (κ1) is 12.6. The highest BCUT2D eigenvalue weighted by Gasteiger charge is 2.25. The number of nitrogens with zero attached hydrogens (tertiary/aromatic N) is 1. The molecule has 0 bridgehead atoms. The van der Waals surface area contributed by atoms with Crippen molar-refractivity contribution >= 4 is 21.8 Å². The first-order valence-corrected chi connectivity index (χ1v) is 6.66. The normalized spacial score (nSPS) is 19.7. The second-order valence-electron chi connectivity index (χ2n) is 4.61. The van der Waals surface area contributed by atoms with Gasteiger partial charge in [0.05, 0.1) is 0 Å². The van der Waals surface area contributed by atoms with E-state index in [-0.39, 0.29) is 5.91 Å². The van der Waals surface area contributed by atoms with E-state index >= 15 is 0 Å². The monoisotopic (exact) mass is 296 g/mol. The molecule has 1 aromatic rings. The molecule has 1 heterocycles. The van der Waals surface area contributed by atoms with Crippen molar-refractivity contribution in [3.05, 3.63) is 33.8 Å². The molecule has 0 spiro atoms. The lowest BCUT2D eigenvalue weighted by Gasteiger charge is -2.16. The summed E-state index contributed by atoms with van der Waals surface area (Å²) in [6.45, 7) is 4.29. The van der Waals surface area contributed by atoms with Crippen molar-refractivity contribution in [3.8, 4) is 0 Å². The van der Waals surface area contributed by atoms with Crippen LogP contribution >= 0.6 is 15.9 Å². The van der Waals surface area contributed by atoms with Gasteiger partial charge in [0.15, 0.2) is 0 Å². The lowest BCUT2D eigenvalue weighted by molar-refractivity contribution is 0.0787. The van der Waals surface area contributed by atoms with Crippen LogP contribution in [0.25, 0.3) is 0 Å². The number of carbonyl (C=O) groups excluding carboxylic acids is 1. The summed E-state index contributed by atoms with van der Waals surface area (Å²) < 4.78 is 1.04. The standard InChI is InChI=1S/C13H17BrN2O/c1-9-6-11(2-3-12(9)14)13(17)16-5-4-10(7-15)8-16/h2-3,6,10H,4-5,7-8,15H2,1H3. The van der Waals surface area contributed by atoms with E-state index in [1.54, 1.807) is 0 Å². The van der Waals surface area contributed by atoms with Crippen LogP contribution in [0.1, 0.15) is 22.3 Å². The van der Waals surface area contributed by atoms with Crippen molar-refractivity contribution < 1.29 is 4.79 Å². The molecule has 0 radical (unpaired) electrons. The molecule has 1 aliphatic heterocycles. The van der Waals surface area contributed by atoms with Crippen LogP contribution in [0, 0.1) is 12.8 Å². The predicted molar refractivity (Wildman–Crippen MR) is 71.9 cm³/mol. The highest BCUT2D eigenvalue weighted by molar-refractivity contribution is 9.10. The Morgan fingerprint density at radius 1 is 1.59 bits per heavy atom. The molecule has 2 rings (SSSR count). The molecular weight excluding hydrogens is 280 g/mol. The zero-order valence-electron chi connectivity index (χ0n) is 9.95. The Morgan fingerprint density at radius 3 is 2.94 bits per heavy atom.